The first-order valence-corrected chi connectivity index (χ1v) is 6.82. The monoisotopic (exact) mass is 257 g/mol. The van der Waals surface area contributed by atoms with E-state index in [1.54, 1.807) is 6.07 Å². The summed E-state index contributed by atoms with van der Waals surface area (Å²) in [6, 6.07) is 13.3. The Morgan fingerprint density at radius 3 is 2.26 bits per heavy atom. The van der Waals surface area contributed by atoms with Crippen LogP contribution in [-0.2, 0) is 13.0 Å². The molecule has 0 aromatic heterocycles. The molecule has 2 rings (SSSR count). The molecule has 0 aliphatic heterocycles. The molecule has 0 saturated carbocycles. The summed E-state index contributed by atoms with van der Waals surface area (Å²) < 4.78 is 14.0. The van der Waals surface area contributed by atoms with Gasteiger partial charge in [0.25, 0.3) is 0 Å². The van der Waals surface area contributed by atoms with Gasteiger partial charge in [0, 0.05) is 12.1 Å². The molecule has 0 radical (unpaired) electrons. The third-order valence-corrected chi connectivity index (χ3v) is 3.35. The van der Waals surface area contributed by atoms with Crippen molar-refractivity contribution < 1.29 is 4.39 Å². The number of rotatable bonds is 5. The van der Waals surface area contributed by atoms with Crippen LogP contribution in [0.1, 0.15) is 30.9 Å². The summed E-state index contributed by atoms with van der Waals surface area (Å²) in [6.45, 7) is 2.55. The van der Waals surface area contributed by atoms with E-state index in [1.165, 1.54) is 24.5 Å². The number of hydrogen-bond donors (Lipinski definition) is 1. The summed E-state index contributed by atoms with van der Waals surface area (Å²) in [7, 11) is 0. The van der Waals surface area contributed by atoms with Gasteiger partial charge in [0.1, 0.15) is 5.82 Å². The fourth-order valence-electron chi connectivity index (χ4n) is 2.15. The fraction of sp³-hybridized carbons (Fsp3) is 0.294. The van der Waals surface area contributed by atoms with Gasteiger partial charge in [-0.1, -0.05) is 49.7 Å². The van der Waals surface area contributed by atoms with E-state index in [0.29, 0.717) is 12.1 Å². The molecule has 0 fully saturated rings. The average Bonchev–Trinajstić information content (AvgIpc) is 2.45. The smallest absolute Gasteiger partial charge is 0.131 e. The molecular weight excluding hydrogens is 237 g/mol. The second-order valence-corrected chi connectivity index (χ2v) is 4.82. The number of unbranched alkanes of at least 4 members (excludes halogenated alkanes) is 1. The van der Waals surface area contributed by atoms with Gasteiger partial charge >= 0.3 is 0 Å². The van der Waals surface area contributed by atoms with Crippen molar-refractivity contribution in [3.63, 3.8) is 0 Å². The summed E-state index contributed by atoms with van der Waals surface area (Å²) in [4.78, 5) is 0. The fourth-order valence-corrected chi connectivity index (χ4v) is 2.15. The summed E-state index contributed by atoms with van der Waals surface area (Å²) in [5.74, 6) is -0.204. The molecule has 0 heterocycles. The van der Waals surface area contributed by atoms with Crippen molar-refractivity contribution in [2.45, 2.75) is 32.7 Å². The maximum absolute atomic E-state index is 14.0. The van der Waals surface area contributed by atoms with Gasteiger partial charge < -0.3 is 5.73 Å². The Morgan fingerprint density at radius 1 is 1.00 bits per heavy atom. The summed E-state index contributed by atoms with van der Waals surface area (Å²) in [6.07, 6.45) is 3.47. The van der Waals surface area contributed by atoms with Crippen LogP contribution in [0.15, 0.2) is 42.5 Å². The lowest BCUT2D eigenvalue weighted by molar-refractivity contribution is 0.629. The van der Waals surface area contributed by atoms with Crippen LogP contribution < -0.4 is 5.73 Å². The van der Waals surface area contributed by atoms with Crippen LogP contribution in [0.5, 0.6) is 0 Å². The zero-order valence-corrected chi connectivity index (χ0v) is 11.3. The van der Waals surface area contributed by atoms with Crippen LogP contribution in [0.4, 0.5) is 4.39 Å². The quantitative estimate of drug-likeness (QED) is 0.849. The highest BCUT2D eigenvalue weighted by Crippen LogP contribution is 2.24. The Morgan fingerprint density at radius 2 is 1.68 bits per heavy atom. The number of benzene rings is 2. The number of aryl methyl sites for hydroxylation is 1. The van der Waals surface area contributed by atoms with Crippen molar-refractivity contribution >= 4 is 0 Å². The van der Waals surface area contributed by atoms with Gasteiger partial charge in [-0.25, -0.2) is 4.39 Å². The molecule has 0 bridgehead atoms. The topological polar surface area (TPSA) is 26.0 Å². The summed E-state index contributed by atoms with van der Waals surface area (Å²) >= 11 is 0. The van der Waals surface area contributed by atoms with Gasteiger partial charge in [0.15, 0.2) is 0 Å². The lowest BCUT2D eigenvalue weighted by Crippen LogP contribution is -1.97. The molecule has 0 amide bonds. The second kappa shape index (κ2) is 6.48. The van der Waals surface area contributed by atoms with E-state index in [1.807, 2.05) is 18.2 Å². The lowest BCUT2D eigenvalue weighted by atomic mass is 10.00. The van der Waals surface area contributed by atoms with Gasteiger partial charge in [-0.2, -0.15) is 0 Å². The van der Waals surface area contributed by atoms with E-state index in [4.69, 9.17) is 5.73 Å². The minimum absolute atomic E-state index is 0.204. The van der Waals surface area contributed by atoms with Gasteiger partial charge in [-0.15, -0.1) is 0 Å². The zero-order chi connectivity index (χ0) is 13.7. The third kappa shape index (κ3) is 3.42. The minimum atomic E-state index is -0.204. The largest absolute Gasteiger partial charge is 0.326 e. The Balaban J connectivity index is 2.22. The molecule has 2 aromatic rings. The predicted molar refractivity (Wildman–Crippen MR) is 78.3 cm³/mol. The first-order valence-electron chi connectivity index (χ1n) is 6.82. The van der Waals surface area contributed by atoms with Crippen molar-refractivity contribution in [3.05, 3.63) is 59.4 Å². The molecule has 1 nitrogen and oxygen atoms in total. The van der Waals surface area contributed by atoms with Crippen LogP contribution in [0.3, 0.4) is 0 Å². The van der Waals surface area contributed by atoms with E-state index in [2.05, 4.69) is 19.1 Å². The van der Waals surface area contributed by atoms with Crippen molar-refractivity contribution in [3.8, 4) is 11.1 Å². The predicted octanol–water partition coefficient (Wildman–Crippen LogP) is 4.29. The maximum Gasteiger partial charge on any atom is 0.131 e. The number of nitrogens with two attached hydrogens (primary N) is 1. The van der Waals surface area contributed by atoms with Crippen LogP contribution in [0, 0.1) is 5.82 Å². The van der Waals surface area contributed by atoms with Crippen LogP contribution >= 0.6 is 0 Å². The molecule has 2 heteroatoms. The SMILES string of the molecule is CCCCc1ccc(-c2ccc(CN)cc2F)cc1. The first kappa shape index (κ1) is 13.8. The minimum Gasteiger partial charge on any atom is -0.326 e. The van der Waals surface area contributed by atoms with Gasteiger partial charge in [-0.05, 0) is 35.6 Å². The molecule has 2 N–H and O–H groups in total. The lowest BCUT2D eigenvalue weighted by Gasteiger charge is -2.07. The van der Waals surface area contributed by atoms with Gasteiger partial charge in [0.05, 0.1) is 0 Å². The molecule has 2 aromatic carbocycles. The second-order valence-electron chi connectivity index (χ2n) is 4.82. The standard InChI is InChI=1S/C17H20FN/c1-2-3-4-13-5-8-15(9-6-13)16-10-7-14(12-19)11-17(16)18/h5-11H,2-4,12,19H2,1H3. The highest BCUT2D eigenvalue weighted by Gasteiger charge is 2.05. The average molecular weight is 257 g/mol. The Hall–Kier alpha value is -1.67. The van der Waals surface area contributed by atoms with Crippen LogP contribution in [-0.4, -0.2) is 0 Å². The van der Waals surface area contributed by atoms with Gasteiger partial charge in [-0.3, -0.25) is 0 Å². The zero-order valence-electron chi connectivity index (χ0n) is 11.3. The normalized spacial score (nSPS) is 10.7. The maximum atomic E-state index is 14.0. The Bertz CT molecular complexity index is 531. The number of halogens is 1. The van der Waals surface area contributed by atoms with Crippen molar-refractivity contribution in [2.75, 3.05) is 0 Å². The molecule has 0 aliphatic carbocycles. The number of hydrogen-bond acceptors (Lipinski definition) is 1. The molecule has 0 spiro atoms. The molecule has 19 heavy (non-hydrogen) atoms. The molecule has 0 saturated heterocycles. The first-order chi connectivity index (χ1) is 9.24. The van der Waals surface area contributed by atoms with Crippen molar-refractivity contribution in [1.82, 2.24) is 0 Å². The third-order valence-electron chi connectivity index (χ3n) is 3.35. The molecule has 0 aliphatic rings. The summed E-state index contributed by atoms with van der Waals surface area (Å²) in [5.41, 5.74) is 9.19. The molecule has 0 atom stereocenters. The Labute approximate surface area is 114 Å². The molecule has 0 unspecified atom stereocenters. The van der Waals surface area contributed by atoms with Crippen LogP contribution in [0.25, 0.3) is 11.1 Å². The Kier molecular flexibility index (Phi) is 4.69. The van der Waals surface area contributed by atoms with E-state index < -0.39 is 0 Å². The molecular formula is C17H20FN. The van der Waals surface area contributed by atoms with E-state index in [-0.39, 0.29) is 5.82 Å². The van der Waals surface area contributed by atoms with Crippen LogP contribution in [0.2, 0.25) is 0 Å². The summed E-state index contributed by atoms with van der Waals surface area (Å²) in [5, 5.41) is 0. The highest BCUT2D eigenvalue weighted by molar-refractivity contribution is 5.64. The van der Waals surface area contributed by atoms with E-state index >= 15 is 0 Å². The highest BCUT2D eigenvalue weighted by atomic mass is 19.1. The van der Waals surface area contributed by atoms with E-state index in [0.717, 1.165) is 17.5 Å². The van der Waals surface area contributed by atoms with Crippen molar-refractivity contribution in [2.24, 2.45) is 5.73 Å². The van der Waals surface area contributed by atoms with Crippen molar-refractivity contribution in [1.29, 1.82) is 0 Å². The molecule has 100 valence electrons. The van der Waals surface area contributed by atoms with Gasteiger partial charge in [0.2, 0.25) is 0 Å². The van der Waals surface area contributed by atoms with E-state index in [9.17, 15) is 4.39 Å².